The van der Waals surface area contributed by atoms with Crippen LogP contribution in [0.3, 0.4) is 0 Å². The van der Waals surface area contributed by atoms with E-state index in [2.05, 4.69) is 20.6 Å². The number of guanidine groups is 1. The number of nitriles is 2. The van der Waals surface area contributed by atoms with Gasteiger partial charge in [0.2, 0.25) is 5.96 Å². The molecule has 0 spiro atoms. The molecule has 0 saturated heterocycles. The molecule has 2 aromatic rings. The number of fused-ring (bicyclic) bond motifs is 1. The van der Waals surface area contributed by atoms with Gasteiger partial charge < -0.3 is 16.8 Å². The molecule has 134 valence electrons. The van der Waals surface area contributed by atoms with Crippen molar-refractivity contribution in [2.24, 2.45) is 4.99 Å². The molecule has 27 heavy (non-hydrogen) atoms. The number of hydrogen-bond acceptors (Lipinski definition) is 10. The molecule has 1 unspecified atom stereocenters. The maximum Gasteiger partial charge on any atom is 0.269 e. The lowest BCUT2D eigenvalue weighted by Crippen LogP contribution is -2.32. The second kappa shape index (κ2) is 6.67. The molecule has 2 heterocycles. The largest absolute Gasteiger partial charge is 0.397 e. The zero-order chi connectivity index (χ0) is 19.7. The lowest BCUT2D eigenvalue weighted by atomic mass is 9.95. The van der Waals surface area contributed by atoms with Gasteiger partial charge >= 0.3 is 0 Å². The first-order valence-corrected chi connectivity index (χ1v) is 7.67. The van der Waals surface area contributed by atoms with Crippen molar-refractivity contribution in [3.8, 4) is 12.3 Å². The lowest BCUT2D eigenvalue weighted by molar-refractivity contribution is -0.384. The van der Waals surface area contributed by atoms with Gasteiger partial charge in [-0.25, -0.2) is 9.98 Å². The van der Waals surface area contributed by atoms with Crippen LogP contribution in [-0.2, 0) is 0 Å². The number of aromatic nitrogens is 1. The average Bonchev–Trinajstić information content (AvgIpc) is 2.61. The van der Waals surface area contributed by atoms with Gasteiger partial charge in [-0.15, -0.1) is 0 Å². The van der Waals surface area contributed by atoms with E-state index in [4.69, 9.17) is 28.3 Å². The molecule has 1 aromatic heterocycles. The highest BCUT2D eigenvalue weighted by Gasteiger charge is 2.31. The molecule has 1 aliphatic heterocycles. The molecular weight excluding hydrogens is 374 g/mol. The van der Waals surface area contributed by atoms with Crippen molar-refractivity contribution in [2.45, 2.75) is 6.04 Å². The third-order valence-corrected chi connectivity index (χ3v) is 4.19. The van der Waals surface area contributed by atoms with E-state index in [-0.39, 0.29) is 50.7 Å². The van der Waals surface area contributed by atoms with E-state index in [0.717, 1.165) is 0 Å². The predicted octanol–water partition coefficient (Wildman–Crippen LogP) is 1.62. The SMILES string of the molecule is N#CNC1=NC(c2cc([N+](=O)[O-])ccc2Cl)c2c(nc(N)c(C#N)c2N)N1. The number of pyridine rings is 1. The van der Waals surface area contributed by atoms with Crippen molar-refractivity contribution in [1.82, 2.24) is 10.3 Å². The summed E-state index contributed by atoms with van der Waals surface area (Å²) < 4.78 is 0. The van der Waals surface area contributed by atoms with Gasteiger partial charge in [-0.1, -0.05) is 11.6 Å². The quantitative estimate of drug-likeness (QED) is 0.258. The first-order valence-electron chi connectivity index (χ1n) is 7.30. The van der Waals surface area contributed by atoms with Crippen molar-refractivity contribution >= 4 is 40.6 Å². The number of nitrogens with two attached hydrogens (primary N) is 2. The Bertz CT molecular complexity index is 1080. The summed E-state index contributed by atoms with van der Waals surface area (Å²) in [5.41, 5.74) is 12.1. The standard InChI is InChI=1S/C15H10ClN9O2/c16-9-2-1-6(25(26)27)3-7(9)12-10-11(19)8(4-17)13(20)23-14(10)24-15(22-12)21-5-18/h1-3,12H,(H6,19,20,21,22,23,24). The Kier molecular flexibility index (Phi) is 4.38. The fourth-order valence-corrected chi connectivity index (χ4v) is 2.88. The van der Waals surface area contributed by atoms with Crippen molar-refractivity contribution in [3.63, 3.8) is 0 Å². The Morgan fingerprint density at radius 2 is 2.11 bits per heavy atom. The molecule has 1 atom stereocenters. The van der Waals surface area contributed by atoms with Gasteiger partial charge in [0.05, 0.1) is 10.6 Å². The summed E-state index contributed by atoms with van der Waals surface area (Å²) >= 11 is 6.23. The number of nitrogen functional groups attached to an aromatic ring is 2. The van der Waals surface area contributed by atoms with Crippen LogP contribution in [-0.4, -0.2) is 15.9 Å². The Morgan fingerprint density at radius 3 is 2.74 bits per heavy atom. The van der Waals surface area contributed by atoms with Gasteiger partial charge in [0.25, 0.3) is 5.69 Å². The van der Waals surface area contributed by atoms with Crippen molar-refractivity contribution in [3.05, 3.63) is 50.0 Å². The minimum atomic E-state index is -0.954. The van der Waals surface area contributed by atoms with E-state index in [1.54, 1.807) is 6.19 Å². The number of halogens is 1. The summed E-state index contributed by atoms with van der Waals surface area (Å²) in [6, 6.07) is 4.77. The normalized spacial score (nSPS) is 14.8. The number of anilines is 3. The molecule has 1 aliphatic rings. The Morgan fingerprint density at radius 1 is 1.37 bits per heavy atom. The second-order valence-electron chi connectivity index (χ2n) is 5.36. The Labute approximate surface area is 157 Å². The van der Waals surface area contributed by atoms with Gasteiger partial charge in [0.1, 0.15) is 29.3 Å². The second-order valence-corrected chi connectivity index (χ2v) is 5.77. The molecule has 3 rings (SSSR count). The maximum atomic E-state index is 11.1. The van der Waals surface area contributed by atoms with E-state index >= 15 is 0 Å². The number of nitrogens with zero attached hydrogens (tertiary/aromatic N) is 5. The fourth-order valence-electron chi connectivity index (χ4n) is 2.66. The summed E-state index contributed by atoms with van der Waals surface area (Å²) in [7, 11) is 0. The molecule has 0 aliphatic carbocycles. The van der Waals surface area contributed by atoms with Gasteiger partial charge in [-0.2, -0.15) is 10.5 Å². The lowest BCUT2D eigenvalue weighted by Gasteiger charge is -2.26. The van der Waals surface area contributed by atoms with Crippen LogP contribution in [0.5, 0.6) is 0 Å². The summed E-state index contributed by atoms with van der Waals surface area (Å²) in [6.45, 7) is 0. The molecule has 1 aromatic carbocycles. The van der Waals surface area contributed by atoms with Crippen LogP contribution in [0.15, 0.2) is 23.2 Å². The molecule has 0 bridgehead atoms. The molecule has 0 radical (unpaired) electrons. The number of aliphatic imine (C=N–C) groups is 1. The van der Waals surface area contributed by atoms with Crippen LogP contribution in [0.2, 0.25) is 5.02 Å². The highest BCUT2D eigenvalue weighted by atomic mass is 35.5. The Balaban J connectivity index is 2.30. The molecule has 0 fully saturated rings. The highest BCUT2D eigenvalue weighted by Crippen LogP contribution is 2.43. The zero-order valence-electron chi connectivity index (χ0n) is 13.4. The van der Waals surface area contributed by atoms with Crippen molar-refractivity contribution < 1.29 is 4.92 Å². The van der Waals surface area contributed by atoms with Gasteiger partial charge in [0.15, 0.2) is 6.19 Å². The van der Waals surface area contributed by atoms with Gasteiger partial charge in [-0.05, 0) is 6.07 Å². The topological polar surface area (TPSA) is 192 Å². The first kappa shape index (κ1) is 17.7. The van der Waals surface area contributed by atoms with Gasteiger partial charge in [-0.3, -0.25) is 15.4 Å². The number of nitro groups is 1. The Hall–Kier alpha value is -4.09. The van der Waals surface area contributed by atoms with Crippen LogP contribution in [0.25, 0.3) is 0 Å². The number of benzene rings is 1. The number of nitrogens with one attached hydrogen (secondary N) is 2. The van der Waals surface area contributed by atoms with Crippen molar-refractivity contribution in [1.29, 1.82) is 10.5 Å². The van der Waals surface area contributed by atoms with E-state index in [1.807, 2.05) is 6.07 Å². The molecule has 0 saturated carbocycles. The highest BCUT2D eigenvalue weighted by molar-refractivity contribution is 6.31. The zero-order valence-corrected chi connectivity index (χ0v) is 14.2. The number of nitro benzene ring substituents is 1. The number of rotatable bonds is 2. The minimum Gasteiger partial charge on any atom is -0.397 e. The number of non-ortho nitro benzene ring substituents is 1. The fraction of sp³-hybridized carbons (Fsp3) is 0.0667. The summed E-state index contributed by atoms with van der Waals surface area (Å²) in [5, 5.41) is 34.6. The first-order chi connectivity index (χ1) is 12.9. The van der Waals surface area contributed by atoms with Crippen LogP contribution in [0.1, 0.15) is 22.7 Å². The monoisotopic (exact) mass is 383 g/mol. The molecular formula is C15H10ClN9O2. The molecule has 11 nitrogen and oxygen atoms in total. The van der Waals surface area contributed by atoms with Crippen LogP contribution < -0.4 is 22.1 Å². The number of hydrogen-bond donors (Lipinski definition) is 4. The third-order valence-electron chi connectivity index (χ3n) is 3.84. The van der Waals surface area contributed by atoms with E-state index in [1.165, 1.54) is 18.2 Å². The van der Waals surface area contributed by atoms with E-state index in [0.29, 0.717) is 0 Å². The summed E-state index contributed by atoms with van der Waals surface area (Å²) in [6.07, 6.45) is 1.71. The maximum absolute atomic E-state index is 11.1. The minimum absolute atomic E-state index is 0.0137. The van der Waals surface area contributed by atoms with Crippen LogP contribution >= 0.6 is 11.6 Å². The molecule has 0 amide bonds. The van der Waals surface area contributed by atoms with E-state index < -0.39 is 11.0 Å². The molecule has 12 heteroatoms. The molecule has 6 N–H and O–H groups in total. The van der Waals surface area contributed by atoms with Gasteiger partial charge in [0, 0.05) is 28.3 Å². The third kappa shape index (κ3) is 2.99. The summed E-state index contributed by atoms with van der Waals surface area (Å²) in [4.78, 5) is 19.0. The predicted molar refractivity (Wildman–Crippen MR) is 97.5 cm³/mol. The van der Waals surface area contributed by atoms with Crippen LogP contribution in [0.4, 0.5) is 23.0 Å². The van der Waals surface area contributed by atoms with Crippen LogP contribution in [0, 0.1) is 32.9 Å². The average molecular weight is 384 g/mol. The van der Waals surface area contributed by atoms with Crippen molar-refractivity contribution in [2.75, 3.05) is 16.8 Å². The van der Waals surface area contributed by atoms with E-state index in [9.17, 15) is 15.4 Å². The summed E-state index contributed by atoms with van der Waals surface area (Å²) in [5.74, 6) is 0.0706. The smallest absolute Gasteiger partial charge is 0.269 e.